The third-order valence-electron chi connectivity index (χ3n) is 1.35. The van der Waals surface area contributed by atoms with Crippen LogP contribution in [-0.2, 0) is 0 Å². The molecule has 0 aromatic carbocycles. The van der Waals surface area contributed by atoms with Crippen molar-refractivity contribution in [3.63, 3.8) is 0 Å². The molecule has 1 saturated heterocycles. The summed E-state index contributed by atoms with van der Waals surface area (Å²) in [6.45, 7) is 4.96. The molecule has 0 aliphatic carbocycles. The molecule has 1 fully saturated rings. The van der Waals surface area contributed by atoms with Gasteiger partial charge in [-0.2, -0.15) is 0 Å². The summed E-state index contributed by atoms with van der Waals surface area (Å²) < 4.78 is 0. The lowest BCUT2D eigenvalue weighted by Crippen LogP contribution is -2.43. The van der Waals surface area contributed by atoms with Gasteiger partial charge in [-0.3, -0.25) is 0 Å². The molecule has 0 nitrogen and oxygen atoms in total. The van der Waals surface area contributed by atoms with Crippen LogP contribution in [0.4, 0.5) is 0 Å². The molecule has 2 radical (unpaired) electrons. The highest BCUT2D eigenvalue weighted by Crippen LogP contribution is 2.22. The van der Waals surface area contributed by atoms with Crippen molar-refractivity contribution >= 4 is 16.6 Å². The molecule has 0 bridgehead atoms. The molecular formula is C4H10Si2. The summed E-state index contributed by atoms with van der Waals surface area (Å²) in [7, 11) is 0.964. The molecule has 0 aromatic rings. The van der Waals surface area contributed by atoms with Crippen LogP contribution in [0.15, 0.2) is 0 Å². The number of hydrogen-bond donors (Lipinski definition) is 0. The van der Waals surface area contributed by atoms with Gasteiger partial charge < -0.3 is 0 Å². The summed E-state index contributed by atoms with van der Waals surface area (Å²) in [5, 5.41) is 0. The van der Waals surface area contributed by atoms with Gasteiger partial charge in [-0.25, -0.2) is 0 Å². The minimum absolute atomic E-state index is 0.423. The molecule has 0 aromatic heterocycles. The fourth-order valence-electron chi connectivity index (χ4n) is 0.625. The molecule has 1 aliphatic rings. The summed E-state index contributed by atoms with van der Waals surface area (Å²) >= 11 is 0. The van der Waals surface area contributed by atoms with E-state index in [1.54, 1.807) is 12.1 Å². The summed E-state index contributed by atoms with van der Waals surface area (Å²) in [4.78, 5) is 0. The highest BCUT2D eigenvalue weighted by atomic mass is 29.2. The predicted octanol–water partition coefficient (Wildman–Crippen LogP) is 1.33. The second-order valence-corrected chi connectivity index (χ2v) is 12.8. The zero-order valence-electron chi connectivity index (χ0n) is 4.41. The fraction of sp³-hybridized carbons (Fsp3) is 1.00. The second-order valence-electron chi connectivity index (χ2n) is 2.56. The molecule has 0 spiro atoms. The zero-order valence-corrected chi connectivity index (χ0v) is 6.41. The van der Waals surface area contributed by atoms with Crippen LogP contribution in [-0.4, -0.2) is 16.6 Å². The lowest BCUT2D eigenvalue weighted by molar-refractivity contribution is 1.31. The summed E-state index contributed by atoms with van der Waals surface area (Å²) in [5.74, 6) is 0. The van der Waals surface area contributed by atoms with E-state index in [4.69, 9.17) is 0 Å². The Morgan fingerprint density at radius 1 is 1.50 bits per heavy atom. The summed E-state index contributed by atoms with van der Waals surface area (Å²) in [6.07, 6.45) is 0. The highest BCUT2D eigenvalue weighted by Gasteiger charge is 2.28. The van der Waals surface area contributed by atoms with E-state index in [2.05, 4.69) is 13.1 Å². The number of rotatable bonds is 0. The van der Waals surface area contributed by atoms with Crippen molar-refractivity contribution in [1.29, 1.82) is 0 Å². The van der Waals surface area contributed by atoms with Gasteiger partial charge in [0.15, 0.2) is 0 Å². The van der Waals surface area contributed by atoms with E-state index < -0.39 is 7.59 Å². The Labute approximate surface area is 42.6 Å². The second kappa shape index (κ2) is 1.20. The van der Waals surface area contributed by atoms with Gasteiger partial charge >= 0.3 is 0 Å². The third-order valence-corrected chi connectivity index (χ3v) is 9.18. The Kier molecular flexibility index (Phi) is 0.918. The Morgan fingerprint density at radius 3 is 1.83 bits per heavy atom. The summed E-state index contributed by atoms with van der Waals surface area (Å²) in [6, 6.07) is 3.16. The van der Waals surface area contributed by atoms with Crippen LogP contribution in [0, 0.1) is 0 Å². The molecule has 0 atom stereocenters. The molecule has 0 saturated carbocycles. The van der Waals surface area contributed by atoms with Gasteiger partial charge in [0, 0.05) is 16.6 Å². The van der Waals surface area contributed by atoms with Crippen molar-refractivity contribution in [2.24, 2.45) is 0 Å². The molecule has 1 rings (SSSR count). The van der Waals surface area contributed by atoms with Crippen LogP contribution in [0.1, 0.15) is 0 Å². The molecule has 2 heteroatoms. The van der Waals surface area contributed by atoms with E-state index in [1.807, 2.05) is 0 Å². The van der Waals surface area contributed by atoms with Crippen LogP contribution in [0.25, 0.3) is 0 Å². The number of hydrogen-bond acceptors (Lipinski definition) is 0. The lowest BCUT2D eigenvalue weighted by atomic mass is 10.9. The Morgan fingerprint density at radius 2 is 1.83 bits per heavy atom. The van der Waals surface area contributed by atoms with Gasteiger partial charge in [0.1, 0.15) is 0 Å². The van der Waals surface area contributed by atoms with Gasteiger partial charge in [0.05, 0.1) is 0 Å². The summed E-state index contributed by atoms with van der Waals surface area (Å²) in [5.41, 5.74) is 0. The van der Waals surface area contributed by atoms with Gasteiger partial charge in [0.25, 0.3) is 0 Å². The SMILES string of the molecule is C[Si]1(C)CC[Si]1. The first-order chi connectivity index (χ1) is 2.71. The van der Waals surface area contributed by atoms with E-state index in [0.29, 0.717) is 0 Å². The molecule has 0 amide bonds. The van der Waals surface area contributed by atoms with Crippen molar-refractivity contribution in [2.75, 3.05) is 0 Å². The first-order valence-electron chi connectivity index (χ1n) is 2.46. The van der Waals surface area contributed by atoms with E-state index in [0.717, 1.165) is 0 Å². The van der Waals surface area contributed by atoms with E-state index >= 15 is 0 Å². The van der Waals surface area contributed by atoms with Crippen LogP contribution in [0.3, 0.4) is 0 Å². The van der Waals surface area contributed by atoms with Crippen molar-refractivity contribution in [1.82, 2.24) is 0 Å². The average molecular weight is 114 g/mol. The monoisotopic (exact) mass is 114 g/mol. The fourth-order valence-corrected chi connectivity index (χ4v) is 5.62. The molecule has 0 unspecified atom stereocenters. The smallest absolute Gasteiger partial charge is 0.0354 e. The Hall–Kier alpha value is 0.434. The first-order valence-corrected chi connectivity index (χ1v) is 7.87. The molecule has 34 valence electrons. The minimum Gasteiger partial charge on any atom is -0.0717 e. The van der Waals surface area contributed by atoms with E-state index in [-0.39, 0.29) is 0 Å². The Bertz CT molecular complexity index is 52.6. The molecule has 1 heterocycles. The predicted molar refractivity (Wildman–Crippen MR) is 32.8 cm³/mol. The maximum absolute atomic E-state index is 2.48. The minimum atomic E-state index is -0.423. The maximum Gasteiger partial charge on any atom is 0.0354 e. The van der Waals surface area contributed by atoms with Gasteiger partial charge in [0.2, 0.25) is 0 Å². The van der Waals surface area contributed by atoms with Crippen molar-refractivity contribution in [2.45, 2.75) is 25.2 Å². The highest BCUT2D eigenvalue weighted by molar-refractivity contribution is 7.28. The topological polar surface area (TPSA) is 0 Å². The van der Waals surface area contributed by atoms with Gasteiger partial charge in [-0.1, -0.05) is 25.2 Å². The quantitative estimate of drug-likeness (QED) is 0.417. The van der Waals surface area contributed by atoms with Crippen molar-refractivity contribution < 1.29 is 0 Å². The maximum atomic E-state index is 2.48. The van der Waals surface area contributed by atoms with Crippen molar-refractivity contribution in [3.8, 4) is 0 Å². The standard InChI is InChI=1S/C4H10Si2/c1-6(2)4-3-5-6/h3-4H2,1-2H3. The van der Waals surface area contributed by atoms with E-state index in [9.17, 15) is 0 Å². The van der Waals surface area contributed by atoms with Crippen LogP contribution >= 0.6 is 0 Å². The molecule has 6 heavy (non-hydrogen) atoms. The van der Waals surface area contributed by atoms with Crippen LogP contribution < -0.4 is 0 Å². The van der Waals surface area contributed by atoms with Gasteiger partial charge in [-0.05, 0) is 0 Å². The molecular weight excluding hydrogens is 104 g/mol. The zero-order chi connectivity index (χ0) is 4.62. The largest absolute Gasteiger partial charge is 0.0717 e. The average Bonchev–Trinajstić information content (AvgIpc) is 1.32. The van der Waals surface area contributed by atoms with Crippen molar-refractivity contribution in [3.05, 3.63) is 0 Å². The van der Waals surface area contributed by atoms with Crippen LogP contribution in [0.2, 0.25) is 25.2 Å². The first kappa shape index (κ1) is 4.59. The Balaban J connectivity index is 2.31. The van der Waals surface area contributed by atoms with Gasteiger partial charge in [-0.15, -0.1) is 0 Å². The molecule has 0 N–H and O–H groups in total. The third kappa shape index (κ3) is 0.735. The normalized spacial score (nSPS) is 29.0. The van der Waals surface area contributed by atoms with E-state index in [1.165, 1.54) is 9.04 Å². The lowest BCUT2D eigenvalue weighted by Gasteiger charge is -2.30. The molecule has 1 aliphatic heterocycles. The van der Waals surface area contributed by atoms with Crippen LogP contribution in [0.5, 0.6) is 0 Å².